The molecule has 1 saturated carbocycles. The van der Waals surface area contributed by atoms with Crippen LogP contribution in [0.4, 0.5) is 0 Å². The maximum atomic E-state index is 12.2. The Labute approximate surface area is 140 Å². The van der Waals surface area contributed by atoms with Gasteiger partial charge in [-0.25, -0.2) is 0 Å². The van der Waals surface area contributed by atoms with E-state index in [1.54, 1.807) is 0 Å². The van der Waals surface area contributed by atoms with Gasteiger partial charge in [-0.1, -0.05) is 12.8 Å². The lowest BCUT2D eigenvalue weighted by atomic mass is 9.85. The zero-order valence-corrected chi connectivity index (χ0v) is 14.3. The van der Waals surface area contributed by atoms with Crippen LogP contribution >= 0.6 is 24.8 Å². The smallest absolute Gasteiger partial charge is 0.237 e. The van der Waals surface area contributed by atoms with Crippen LogP contribution in [0.1, 0.15) is 44.9 Å². The van der Waals surface area contributed by atoms with Gasteiger partial charge < -0.3 is 15.5 Å². The third kappa shape index (κ3) is 4.98. The first kappa shape index (κ1) is 19.0. The summed E-state index contributed by atoms with van der Waals surface area (Å²) < 4.78 is 0. The van der Waals surface area contributed by atoms with Crippen LogP contribution in [0.3, 0.4) is 0 Å². The highest BCUT2D eigenvalue weighted by Crippen LogP contribution is 2.33. The Kier molecular flexibility index (Phi) is 8.32. The van der Waals surface area contributed by atoms with E-state index in [9.17, 15) is 4.79 Å². The second-order valence-corrected chi connectivity index (χ2v) is 6.45. The maximum Gasteiger partial charge on any atom is 0.237 e. The Morgan fingerprint density at radius 3 is 2.52 bits per heavy atom. The van der Waals surface area contributed by atoms with Crippen LogP contribution in [0.5, 0.6) is 0 Å². The van der Waals surface area contributed by atoms with Crippen LogP contribution in [0.15, 0.2) is 0 Å². The fraction of sp³-hybridized carbons (Fsp3) is 0.933. The number of amides is 1. The molecule has 0 radical (unpaired) electrons. The minimum absolute atomic E-state index is 0. The number of likely N-dealkylation sites (tertiary alicyclic amines) is 1. The predicted molar refractivity (Wildman–Crippen MR) is 90.5 cm³/mol. The average Bonchev–Trinajstić information content (AvgIpc) is 3.07. The van der Waals surface area contributed by atoms with Crippen LogP contribution in [0, 0.1) is 5.92 Å². The molecular weight excluding hydrogens is 309 g/mol. The van der Waals surface area contributed by atoms with Crippen LogP contribution in [0.2, 0.25) is 0 Å². The van der Waals surface area contributed by atoms with E-state index < -0.39 is 0 Å². The van der Waals surface area contributed by atoms with Crippen molar-refractivity contribution in [2.45, 2.75) is 57.0 Å². The third-order valence-corrected chi connectivity index (χ3v) is 5.11. The molecule has 3 unspecified atom stereocenters. The summed E-state index contributed by atoms with van der Waals surface area (Å²) in [5, 5.41) is 6.66. The van der Waals surface area contributed by atoms with Gasteiger partial charge in [0.2, 0.25) is 5.91 Å². The van der Waals surface area contributed by atoms with Gasteiger partial charge >= 0.3 is 0 Å². The molecule has 1 aliphatic carbocycles. The molecule has 0 aromatic carbocycles. The van der Waals surface area contributed by atoms with Crippen molar-refractivity contribution in [3.8, 4) is 0 Å². The summed E-state index contributed by atoms with van der Waals surface area (Å²) in [7, 11) is 0. The summed E-state index contributed by atoms with van der Waals surface area (Å²) in [4.78, 5) is 14.6. The molecule has 2 aliphatic heterocycles. The van der Waals surface area contributed by atoms with Crippen molar-refractivity contribution < 1.29 is 4.79 Å². The third-order valence-electron chi connectivity index (χ3n) is 5.11. The summed E-state index contributed by atoms with van der Waals surface area (Å²) in [6, 6.07) is 0.690. The van der Waals surface area contributed by atoms with Crippen molar-refractivity contribution in [3.05, 3.63) is 0 Å². The Balaban J connectivity index is 0.00000110. The van der Waals surface area contributed by atoms with Crippen molar-refractivity contribution in [1.82, 2.24) is 15.5 Å². The van der Waals surface area contributed by atoms with Gasteiger partial charge in [-0.05, 0) is 51.1 Å². The molecule has 2 N–H and O–H groups in total. The molecule has 0 bridgehead atoms. The van der Waals surface area contributed by atoms with E-state index in [1.807, 2.05) is 0 Å². The monoisotopic (exact) mass is 337 g/mol. The van der Waals surface area contributed by atoms with Crippen molar-refractivity contribution in [2.24, 2.45) is 5.92 Å². The lowest BCUT2D eigenvalue weighted by molar-refractivity contribution is -0.122. The molecule has 3 aliphatic rings. The Bertz CT molecular complexity index is 310. The average molecular weight is 338 g/mol. The molecule has 21 heavy (non-hydrogen) atoms. The maximum absolute atomic E-state index is 12.2. The van der Waals surface area contributed by atoms with E-state index in [0.29, 0.717) is 6.04 Å². The molecule has 0 aromatic heterocycles. The fourth-order valence-corrected chi connectivity index (χ4v) is 3.99. The van der Waals surface area contributed by atoms with Gasteiger partial charge in [0.1, 0.15) is 0 Å². The van der Waals surface area contributed by atoms with Gasteiger partial charge in [0.25, 0.3) is 0 Å². The second kappa shape index (κ2) is 9.19. The molecule has 124 valence electrons. The molecule has 6 heteroatoms. The zero-order chi connectivity index (χ0) is 13.1. The Hall–Kier alpha value is -0.0300. The number of fused-ring (bicyclic) bond motifs is 1. The molecule has 3 fully saturated rings. The highest BCUT2D eigenvalue weighted by Gasteiger charge is 2.37. The van der Waals surface area contributed by atoms with Crippen molar-refractivity contribution >= 4 is 30.7 Å². The molecule has 3 atom stereocenters. The Morgan fingerprint density at radius 1 is 1.10 bits per heavy atom. The number of halogens is 2. The van der Waals surface area contributed by atoms with Crippen molar-refractivity contribution in [3.63, 3.8) is 0 Å². The van der Waals surface area contributed by atoms with E-state index in [2.05, 4.69) is 15.5 Å². The number of nitrogens with zero attached hydrogens (tertiary/aromatic N) is 1. The number of carbonyl (C=O) groups is 1. The first-order valence-corrected chi connectivity index (χ1v) is 8.09. The number of hydrogen-bond acceptors (Lipinski definition) is 3. The van der Waals surface area contributed by atoms with Crippen LogP contribution in [-0.2, 0) is 4.79 Å². The summed E-state index contributed by atoms with van der Waals surface area (Å²) in [5.41, 5.74) is 0. The number of rotatable bonds is 4. The molecule has 0 aromatic rings. The van der Waals surface area contributed by atoms with E-state index in [-0.39, 0.29) is 36.8 Å². The van der Waals surface area contributed by atoms with Gasteiger partial charge in [-0.2, -0.15) is 0 Å². The molecule has 0 spiro atoms. The zero-order valence-electron chi connectivity index (χ0n) is 12.7. The van der Waals surface area contributed by atoms with Gasteiger partial charge in [-0.15, -0.1) is 24.8 Å². The highest BCUT2D eigenvalue weighted by atomic mass is 35.5. The van der Waals surface area contributed by atoms with Gasteiger partial charge in [0.05, 0.1) is 6.04 Å². The van der Waals surface area contributed by atoms with E-state index in [1.165, 1.54) is 51.6 Å². The van der Waals surface area contributed by atoms with Crippen LogP contribution in [-0.4, -0.2) is 49.1 Å². The van der Waals surface area contributed by atoms with Gasteiger partial charge in [0.15, 0.2) is 0 Å². The van der Waals surface area contributed by atoms with E-state index in [4.69, 9.17) is 0 Å². The standard InChI is InChI=1S/C15H27N3O.2ClH/c19-15(16-7-10-18-8-3-4-9-18)14-11-12-5-1-2-6-13(12)17-14;;/h12-14,17H,1-11H2,(H,16,19);2*1H. The lowest BCUT2D eigenvalue weighted by Gasteiger charge is -2.24. The number of carbonyl (C=O) groups excluding carboxylic acids is 1. The largest absolute Gasteiger partial charge is 0.353 e. The van der Waals surface area contributed by atoms with Crippen LogP contribution in [0.25, 0.3) is 0 Å². The quantitative estimate of drug-likeness (QED) is 0.824. The minimum Gasteiger partial charge on any atom is -0.353 e. The number of hydrogen-bond donors (Lipinski definition) is 2. The van der Waals surface area contributed by atoms with E-state index >= 15 is 0 Å². The first-order chi connectivity index (χ1) is 9.33. The lowest BCUT2D eigenvalue weighted by Crippen LogP contribution is -2.45. The number of nitrogens with one attached hydrogen (secondary N) is 2. The molecule has 2 saturated heterocycles. The Morgan fingerprint density at radius 2 is 1.81 bits per heavy atom. The predicted octanol–water partition coefficient (Wildman–Crippen LogP) is 1.96. The molecular formula is C15H29Cl2N3O. The summed E-state index contributed by atoms with van der Waals surface area (Å²) in [6.07, 6.45) is 8.96. The minimum atomic E-state index is 0. The highest BCUT2D eigenvalue weighted by molar-refractivity contribution is 5.85. The van der Waals surface area contributed by atoms with Crippen LogP contribution < -0.4 is 10.6 Å². The summed E-state index contributed by atoms with van der Waals surface area (Å²) >= 11 is 0. The second-order valence-electron chi connectivity index (χ2n) is 6.45. The SMILES string of the molecule is Cl.Cl.O=C(NCCN1CCCC1)C1CC2CCCCC2N1. The van der Waals surface area contributed by atoms with Gasteiger partial charge in [-0.3, -0.25) is 4.79 Å². The molecule has 3 rings (SSSR count). The summed E-state index contributed by atoms with van der Waals surface area (Å²) in [5.74, 6) is 0.983. The molecule has 1 amide bonds. The first-order valence-electron chi connectivity index (χ1n) is 8.09. The molecule has 2 heterocycles. The van der Waals surface area contributed by atoms with E-state index in [0.717, 1.165) is 25.4 Å². The summed E-state index contributed by atoms with van der Waals surface area (Å²) in [6.45, 7) is 4.25. The molecule has 4 nitrogen and oxygen atoms in total. The normalized spacial score (nSPS) is 31.9. The fourth-order valence-electron chi connectivity index (χ4n) is 3.99. The van der Waals surface area contributed by atoms with Crippen molar-refractivity contribution in [1.29, 1.82) is 0 Å². The van der Waals surface area contributed by atoms with Gasteiger partial charge in [0, 0.05) is 19.1 Å². The topological polar surface area (TPSA) is 44.4 Å². The van der Waals surface area contributed by atoms with Crippen molar-refractivity contribution in [2.75, 3.05) is 26.2 Å².